The van der Waals surface area contributed by atoms with Gasteiger partial charge in [0.2, 0.25) is 0 Å². The van der Waals surface area contributed by atoms with Crippen molar-refractivity contribution in [1.82, 2.24) is 29.9 Å². The highest BCUT2D eigenvalue weighted by molar-refractivity contribution is 7.09. The molecule has 0 radical (unpaired) electrons. The summed E-state index contributed by atoms with van der Waals surface area (Å²) >= 11 is 1.82. The summed E-state index contributed by atoms with van der Waals surface area (Å²) in [6.45, 7) is 8.10. The predicted octanol–water partition coefficient (Wildman–Crippen LogP) is 2.04. The molecule has 152 valence electrons. The van der Waals surface area contributed by atoms with E-state index in [1.165, 1.54) is 37.2 Å². The maximum atomic E-state index is 4.92. The molecule has 7 nitrogen and oxygen atoms in total. The molecule has 2 aliphatic heterocycles. The van der Waals surface area contributed by atoms with Crippen LogP contribution < -0.4 is 5.32 Å². The molecule has 1 N–H and O–H groups in total. The van der Waals surface area contributed by atoms with Crippen molar-refractivity contribution in [2.24, 2.45) is 12.0 Å². The first-order valence-electron chi connectivity index (χ1n) is 10.4. The van der Waals surface area contributed by atoms with Gasteiger partial charge >= 0.3 is 0 Å². The molecule has 8 heteroatoms. The largest absolute Gasteiger partial charge is 0.356 e. The summed E-state index contributed by atoms with van der Waals surface area (Å²) in [7, 11) is 2.00. The van der Waals surface area contributed by atoms with Gasteiger partial charge in [-0.05, 0) is 57.1 Å². The van der Waals surface area contributed by atoms with Crippen LogP contribution in [-0.4, -0.2) is 69.3 Å². The van der Waals surface area contributed by atoms with Crippen LogP contribution in [0, 0.1) is 6.92 Å². The maximum Gasteiger partial charge on any atom is 0.194 e. The molecule has 28 heavy (non-hydrogen) atoms. The van der Waals surface area contributed by atoms with Gasteiger partial charge in [0, 0.05) is 37.6 Å². The van der Waals surface area contributed by atoms with E-state index < -0.39 is 0 Å². The molecular formula is C20H31N7S. The minimum Gasteiger partial charge on any atom is -0.356 e. The van der Waals surface area contributed by atoms with Crippen LogP contribution in [0.4, 0.5) is 0 Å². The topological polar surface area (TPSA) is 61.6 Å². The van der Waals surface area contributed by atoms with Crippen molar-refractivity contribution in [3.8, 4) is 0 Å². The van der Waals surface area contributed by atoms with Gasteiger partial charge in [0.1, 0.15) is 12.4 Å². The number of aromatic nitrogens is 3. The SMILES string of the molecule is Cc1nnc(CN=C(NCCc2cccs2)N2CCC(N3CCCC3)C2)n1C. The molecular weight excluding hydrogens is 370 g/mol. The Morgan fingerprint density at radius 1 is 1.29 bits per heavy atom. The first-order chi connectivity index (χ1) is 13.7. The molecule has 2 aromatic rings. The third kappa shape index (κ3) is 4.55. The Labute approximate surface area is 171 Å². The molecule has 4 rings (SSSR count). The fraction of sp³-hybridized carbons (Fsp3) is 0.650. The van der Waals surface area contributed by atoms with E-state index in [-0.39, 0.29) is 0 Å². The third-order valence-corrected chi connectivity index (χ3v) is 6.84. The Hall–Kier alpha value is -1.93. The fourth-order valence-corrected chi connectivity index (χ4v) is 4.80. The number of hydrogen-bond acceptors (Lipinski definition) is 5. The quantitative estimate of drug-likeness (QED) is 0.593. The van der Waals surface area contributed by atoms with E-state index >= 15 is 0 Å². The molecule has 2 aliphatic rings. The van der Waals surface area contributed by atoms with Gasteiger partial charge in [-0.25, -0.2) is 4.99 Å². The van der Waals surface area contributed by atoms with Crippen molar-refractivity contribution in [3.05, 3.63) is 34.0 Å². The monoisotopic (exact) mass is 401 g/mol. The summed E-state index contributed by atoms with van der Waals surface area (Å²) < 4.78 is 2.02. The highest BCUT2D eigenvalue weighted by Crippen LogP contribution is 2.20. The van der Waals surface area contributed by atoms with Gasteiger partial charge in [0.25, 0.3) is 0 Å². The van der Waals surface area contributed by atoms with Crippen molar-refractivity contribution in [2.45, 2.75) is 45.2 Å². The lowest BCUT2D eigenvalue weighted by molar-refractivity contribution is 0.249. The summed E-state index contributed by atoms with van der Waals surface area (Å²) in [6, 6.07) is 4.99. The fourth-order valence-electron chi connectivity index (χ4n) is 4.09. The molecule has 4 heterocycles. The number of hydrogen-bond donors (Lipinski definition) is 1. The van der Waals surface area contributed by atoms with Crippen LogP contribution in [0.25, 0.3) is 0 Å². The number of thiophene rings is 1. The van der Waals surface area contributed by atoms with Crippen LogP contribution in [0.2, 0.25) is 0 Å². The van der Waals surface area contributed by atoms with Gasteiger partial charge in [-0.15, -0.1) is 21.5 Å². The molecule has 2 saturated heterocycles. The molecule has 0 saturated carbocycles. The van der Waals surface area contributed by atoms with Crippen molar-refractivity contribution in [1.29, 1.82) is 0 Å². The molecule has 0 bridgehead atoms. The molecule has 1 atom stereocenters. The van der Waals surface area contributed by atoms with Crippen LogP contribution in [0.5, 0.6) is 0 Å². The second-order valence-electron chi connectivity index (χ2n) is 7.75. The normalized spacial score (nSPS) is 21.0. The predicted molar refractivity (Wildman–Crippen MR) is 114 cm³/mol. The summed E-state index contributed by atoms with van der Waals surface area (Å²) in [5.41, 5.74) is 0. The molecule has 0 amide bonds. The van der Waals surface area contributed by atoms with E-state index in [9.17, 15) is 0 Å². The number of nitrogens with zero attached hydrogens (tertiary/aromatic N) is 6. The van der Waals surface area contributed by atoms with Crippen LogP contribution in [0.15, 0.2) is 22.5 Å². The van der Waals surface area contributed by atoms with Crippen LogP contribution >= 0.6 is 11.3 Å². The van der Waals surface area contributed by atoms with Crippen LogP contribution in [0.1, 0.15) is 35.8 Å². The van der Waals surface area contributed by atoms with Crippen molar-refractivity contribution in [2.75, 3.05) is 32.7 Å². The van der Waals surface area contributed by atoms with Gasteiger partial charge < -0.3 is 14.8 Å². The minimum atomic E-state index is 0.559. The van der Waals surface area contributed by atoms with Gasteiger partial charge in [-0.1, -0.05) is 6.07 Å². The second-order valence-corrected chi connectivity index (χ2v) is 8.78. The van der Waals surface area contributed by atoms with Crippen molar-refractivity contribution >= 4 is 17.3 Å². The molecule has 1 unspecified atom stereocenters. The smallest absolute Gasteiger partial charge is 0.194 e. The first-order valence-corrected chi connectivity index (χ1v) is 11.2. The highest BCUT2D eigenvalue weighted by Gasteiger charge is 2.30. The van der Waals surface area contributed by atoms with Gasteiger partial charge in [-0.3, -0.25) is 4.90 Å². The highest BCUT2D eigenvalue weighted by atomic mass is 32.1. The average molecular weight is 402 g/mol. The van der Waals surface area contributed by atoms with Gasteiger partial charge in [0.05, 0.1) is 0 Å². The third-order valence-electron chi connectivity index (χ3n) is 5.91. The zero-order valence-corrected chi connectivity index (χ0v) is 17.8. The van der Waals surface area contributed by atoms with Crippen molar-refractivity contribution < 1.29 is 0 Å². The summed E-state index contributed by atoms with van der Waals surface area (Å²) in [5.74, 6) is 2.84. The Morgan fingerprint density at radius 3 is 2.86 bits per heavy atom. The lowest BCUT2D eigenvalue weighted by atomic mass is 10.2. The lowest BCUT2D eigenvalue weighted by Gasteiger charge is -2.25. The molecule has 2 fully saturated rings. The minimum absolute atomic E-state index is 0.559. The maximum absolute atomic E-state index is 4.92. The summed E-state index contributed by atoms with van der Waals surface area (Å²) in [4.78, 5) is 11.4. The van der Waals surface area contributed by atoms with E-state index in [2.05, 4.69) is 42.8 Å². The number of rotatable bonds is 6. The number of aliphatic imine (C=N–C) groups is 1. The number of aryl methyl sites for hydroxylation is 1. The average Bonchev–Trinajstić information content (AvgIpc) is 3.49. The van der Waals surface area contributed by atoms with Crippen LogP contribution in [0.3, 0.4) is 0 Å². The van der Waals surface area contributed by atoms with E-state index in [1.807, 2.05) is 29.9 Å². The molecule has 0 aliphatic carbocycles. The van der Waals surface area contributed by atoms with E-state index in [1.54, 1.807) is 0 Å². The van der Waals surface area contributed by atoms with E-state index in [4.69, 9.17) is 4.99 Å². The summed E-state index contributed by atoms with van der Waals surface area (Å²) in [6.07, 6.45) is 4.96. The number of nitrogens with one attached hydrogen (secondary N) is 1. The second kappa shape index (κ2) is 9.05. The van der Waals surface area contributed by atoms with Gasteiger partial charge in [-0.2, -0.15) is 0 Å². The zero-order chi connectivity index (χ0) is 19.3. The van der Waals surface area contributed by atoms with Crippen LogP contribution in [-0.2, 0) is 20.0 Å². The molecule has 0 spiro atoms. The Bertz CT molecular complexity index is 777. The lowest BCUT2D eigenvalue weighted by Crippen LogP contribution is -2.43. The molecule has 0 aromatic carbocycles. The molecule has 2 aromatic heterocycles. The Kier molecular flexibility index (Phi) is 6.26. The zero-order valence-electron chi connectivity index (χ0n) is 17.0. The van der Waals surface area contributed by atoms with Crippen molar-refractivity contribution in [3.63, 3.8) is 0 Å². The summed E-state index contributed by atoms with van der Waals surface area (Å²) in [5, 5.41) is 14.2. The first kappa shape index (κ1) is 19.4. The number of likely N-dealkylation sites (tertiary alicyclic amines) is 2. The standard InChI is InChI=1S/C20H31N7S/c1-16-23-24-19(25(16)2)14-22-20(21-9-7-18-6-5-13-28-18)27-12-8-17(15-27)26-10-3-4-11-26/h5-6,13,17H,3-4,7-12,14-15H2,1-2H3,(H,21,22). The van der Waals surface area contributed by atoms with E-state index in [0.717, 1.165) is 43.7 Å². The van der Waals surface area contributed by atoms with Gasteiger partial charge in [0.15, 0.2) is 11.8 Å². The van der Waals surface area contributed by atoms with E-state index in [0.29, 0.717) is 12.6 Å². The Morgan fingerprint density at radius 2 is 2.14 bits per heavy atom. The Balaban J connectivity index is 1.41. The number of guanidine groups is 1.